The molecule has 0 saturated heterocycles. The third-order valence-corrected chi connectivity index (χ3v) is 5.19. The molecule has 1 aromatic rings. The summed E-state index contributed by atoms with van der Waals surface area (Å²) in [6.07, 6.45) is 0.424. The Morgan fingerprint density at radius 2 is 1.95 bits per heavy atom. The number of aryl methyl sites for hydroxylation is 1. The summed E-state index contributed by atoms with van der Waals surface area (Å²) in [6.45, 7) is 6.14. The highest BCUT2D eigenvalue weighted by molar-refractivity contribution is 7.89. The predicted octanol–water partition coefficient (Wildman–Crippen LogP) is 1.28. The Hall–Kier alpha value is -1.11. The topological polar surface area (TPSA) is 83.6 Å². The molecule has 0 radical (unpaired) electrons. The van der Waals surface area contributed by atoms with Crippen molar-refractivity contribution in [1.82, 2.24) is 4.31 Å². The molecule has 0 fully saturated rings. The van der Waals surface area contributed by atoms with Gasteiger partial charge in [0.15, 0.2) is 0 Å². The van der Waals surface area contributed by atoms with Gasteiger partial charge in [-0.2, -0.15) is 4.31 Å². The molecule has 108 valence electrons. The van der Waals surface area contributed by atoms with E-state index in [1.807, 2.05) is 13.8 Å². The summed E-state index contributed by atoms with van der Waals surface area (Å²) in [6, 6.07) is 3.14. The predicted molar refractivity (Wildman–Crippen MR) is 76.5 cm³/mol. The standard InChI is InChI=1S/C13H22N2O3S/c1-4-15(6-5-7-16)19(17,18)12-8-10(2)11(3)13(14)9-12/h8-9,16H,4-7,14H2,1-3H3. The van der Waals surface area contributed by atoms with Crippen molar-refractivity contribution >= 4 is 15.7 Å². The van der Waals surface area contributed by atoms with Gasteiger partial charge in [0.2, 0.25) is 10.0 Å². The first-order valence-corrected chi connectivity index (χ1v) is 7.76. The highest BCUT2D eigenvalue weighted by atomic mass is 32.2. The molecule has 1 aromatic carbocycles. The zero-order chi connectivity index (χ0) is 14.6. The Labute approximate surface area is 115 Å². The van der Waals surface area contributed by atoms with Crippen LogP contribution in [0.5, 0.6) is 0 Å². The minimum Gasteiger partial charge on any atom is -0.398 e. The molecule has 0 spiro atoms. The average molecular weight is 286 g/mol. The van der Waals surface area contributed by atoms with E-state index in [1.165, 1.54) is 10.4 Å². The highest BCUT2D eigenvalue weighted by Gasteiger charge is 2.23. The lowest BCUT2D eigenvalue weighted by Crippen LogP contribution is -2.32. The summed E-state index contributed by atoms with van der Waals surface area (Å²) in [5.41, 5.74) is 8.08. The summed E-state index contributed by atoms with van der Waals surface area (Å²) >= 11 is 0. The van der Waals surface area contributed by atoms with Crippen molar-refractivity contribution in [2.24, 2.45) is 0 Å². The van der Waals surface area contributed by atoms with Crippen LogP contribution in [0.1, 0.15) is 24.5 Å². The second-order valence-corrected chi connectivity index (χ2v) is 6.47. The molecule has 0 atom stereocenters. The molecule has 6 heteroatoms. The summed E-state index contributed by atoms with van der Waals surface area (Å²) < 4.78 is 26.3. The fourth-order valence-corrected chi connectivity index (χ4v) is 3.45. The van der Waals surface area contributed by atoms with E-state index in [-0.39, 0.29) is 11.5 Å². The van der Waals surface area contributed by atoms with Crippen molar-refractivity contribution in [3.63, 3.8) is 0 Å². The SMILES string of the molecule is CCN(CCCO)S(=O)(=O)c1cc(C)c(C)c(N)c1. The maximum atomic E-state index is 12.5. The van der Waals surface area contributed by atoms with Crippen molar-refractivity contribution in [2.45, 2.75) is 32.1 Å². The normalized spacial score (nSPS) is 12.1. The van der Waals surface area contributed by atoms with Gasteiger partial charge in [0.25, 0.3) is 0 Å². The van der Waals surface area contributed by atoms with E-state index in [1.54, 1.807) is 13.0 Å². The van der Waals surface area contributed by atoms with Gasteiger partial charge in [-0.05, 0) is 43.5 Å². The number of hydrogen-bond donors (Lipinski definition) is 2. The average Bonchev–Trinajstić information content (AvgIpc) is 2.36. The van der Waals surface area contributed by atoms with Gasteiger partial charge in [-0.1, -0.05) is 6.92 Å². The van der Waals surface area contributed by atoms with Crippen molar-refractivity contribution in [3.05, 3.63) is 23.3 Å². The molecule has 0 bridgehead atoms. The molecule has 0 aromatic heterocycles. The Morgan fingerprint density at radius 1 is 1.32 bits per heavy atom. The van der Waals surface area contributed by atoms with Crippen LogP contribution in [0.15, 0.2) is 17.0 Å². The van der Waals surface area contributed by atoms with Crippen LogP contribution >= 0.6 is 0 Å². The first kappa shape index (κ1) is 15.9. The number of aliphatic hydroxyl groups is 1. The number of nitrogens with zero attached hydrogens (tertiary/aromatic N) is 1. The van der Waals surface area contributed by atoms with Gasteiger partial charge >= 0.3 is 0 Å². The van der Waals surface area contributed by atoms with E-state index in [2.05, 4.69) is 0 Å². The Kier molecular flexibility index (Phi) is 5.34. The fraction of sp³-hybridized carbons (Fsp3) is 0.538. The molecule has 0 aliphatic carbocycles. The van der Waals surface area contributed by atoms with Gasteiger partial charge in [-0.3, -0.25) is 0 Å². The number of anilines is 1. The zero-order valence-electron chi connectivity index (χ0n) is 11.7. The number of benzene rings is 1. The third-order valence-electron chi connectivity index (χ3n) is 3.24. The van der Waals surface area contributed by atoms with Crippen LogP contribution in [0.3, 0.4) is 0 Å². The number of hydrogen-bond acceptors (Lipinski definition) is 4. The lowest BCUT2D eigenvalue weighted by atomic mass is 10.1. The number of nitrogens with two attached hydrogens (primary N) is 1. The highest BCUT2D eigenvalue weighted by Crippen LogP contribution is 2.24. The summed E-state index contributed by atoms with van der Waals surface area (Å²) in [4.78, 5) is 0.216. The van der Waals surface area contributed by atoms with Gasteiger partial charge < -0.3 is 10.8 Å². The van der Waals surface area contributed by atoms with Crippen LogP contribution in [0.2, 0.25) is 0 Å². The minimum atomic E-state index is -3.54. The summed E-state index contributed by atoms with van der Waals surface area (Å²) in [5, 5.41) is 8.83. The van der Waals surface area contributed by atoms with Crippen LogP contribution in [0.25, 0.3) is 0 Å². The molecule has 0 unspecified atom stereocenters. The molecule has 3 N–H and O–H groups in total. The molecule has 0 amide bonds. The van der Waals surface area contributed by atoms with E-state index in [0.29, 0.717) is 25.2 Å². The van der Waals surface area contributed by atoms with Crippen molar-refractivity contribution in [2.75, 3.05) is 25.4 Å². The first-order valence-electron chi connectivity index (χ1n) is 6.32. The first-order chi connectivity index (χ1) is 8.84. The van der Waals surface area contributed by atoms with Gasteiger partial charge in [-0.25, -0.2) is 8.42 Å². The quantitative estimate of drug-likeness (QED) is 0.772. The van der Waals surface area contributed by atoms with Crippen molar-refractivity contribution in [1.29, 1.82) is 0 Å². The number of aliphatic hydroxyl groups excluding tert-OH is 1. The number of nitrogen functional groups attached to an aromatic ring is 1. The smallest absolute Gasteiger partial charge is 0.243 e. The maximum absolute atomic E-state index is 12.5. The fourth-order valence-electron chi connectivity index (χ4n) is 1.85. The zero-order valence-corrected chi connectivity index (χ0v) is 12.5. The van der Waals surface area contributed by atoms with E-state index in [0.717, 1.165) is 11.1 Å². The molecule has 0 aliphatic rings. The summed E-state index contributed by atoms with van der Waals surface area (Å²) in [7, 11) is -3.54. The van der Waals surface area contributed by atoms with Gasteiger partial charge in [0.1, 0.15) is 0 Å². The van der Waals surface area contributed by atoms with Crippen LogP contribution in [0.4, 0.5) is 5.69 Å². The largest absolute Gasteiger partial charge is 0.398 e. The molecule has 1 rings (SSSR count). The molecule has 0 heterocycles. The van der Waals surface area contributed by atoms with Gasteiger partial charge in [-0.15, -0.1) is 0 Å². The van der Waals surface area contributed by atoms with Gasteiger partial charge in [0, 0.05) is 25.4 Å². The molecule has 0 saturated carbocycles. The van der Waals surface area contributed by atoms with Crippen LogP contribution in [-0.2, 0) is 10.0 Å². The summed E-state index contributed by atoms with van der Waals surface area (Å²) in [5.74, 6) is 0. The molecular weight excluding hydrogens is 264 g/mol. The lowest BCUT2D eigenvalue weighted by molar-refractivity contribution is 0.271. The molecular formula is C13H22N2O3S. The third kappa shape index (κ3) is 3.46. The Balaban J connectivity index is 3.18. The maximum Gasteiger partial charge on any atom is 0.243 e. The lowest BCUT2D eigenvalue weighted by Gasteiger charge is -2.21. The van der Waals surface area contributed by atoms with Crippen molar-refractivity contribution in [3.8, 4) is 0 Å². The molecule has 19 heavy (non-hydrogen) atoms. The second kappa shape index (κ2) is 6.36. The van der Waals surface area contributed by atoms with Crippen LogP contribution in [0, 0.1) is 13.8 Å². The van der Waals surface area contributed by atoms with Crippen molar-refractivity contribution < 1.29 is 13.5 Å². The van der Waals surface area contributed by atoms with E-state index < -0.39 is 10.0 Å². The Morgan fingerprint density at radius 3 is 2.42 bits per heavy atom. The van der Waals surface area contributed by atoms with E-state index in [4.69, 9.17) is 10.8 Å². The van der Waals surface area contributed by atoms with Crippen LogP contribution in [-0.4, -0.2) is 37.5 Å². The minimum absolute atomic E-state index is 0.0267. The van der Waals surface area contributed by atoms with E-state index in [9.17, 15) is 8.42 Å². The van der Waals surface area contributed by atoms with E-state index >= 15 is 0 Å². The second-order valence-electron chi connectivity index (χ2n) is 4.53. The molecule has 0 aliphatic heterocycles. The monoisotopic (exact) mass is 286 g/mol. The Bertz CT molecular complexity index is 518. The molecule has 5 nitrogen and oxygen atoms in total. The van der Waals surface area contributed by atoms with Crippen LogP contribution < -0.4 is 5.73 Å². The van der Waals surface area contributed by atoms with Gasteiger partial charge in [0.05, 0.1) is 4.90 Å². The number of sulfonamides is 1. The number of rotatable bonds is 6.